The lowest BCUT2D eigenvalue weighted by molar-refractivity contribution is -0.196. The van der Waals surface area contributed by atoms with Crippen LogP contribution in [0, 0.1) is 11.8 Å². The number of hydrogen-bond acceptors (Lipinski definition) is 6. The third kappa shape index (κ3) is 11.7. The number of esters is 1. The zero-order chi connectivity index (χ0) is 30.2. The second-order valence-electron chi connectivity index (χ2n) is 11.6. The Morgan fingerprint density at radius 3 is 2.60 bits per heavy atom. The summed E-state index contributed by atoms with van der Waals surface area (Å²) in [5, 5.41) is 0. The lowest BCUT2D eigenvalue weighted by Crippen LogP contribution is -2.33. The average molecular weight is 591 g/mol. The van der Waals surface area contributed by atoms with Crippen molar-refractivity contribution in [2.24, 2.45) is 11.8 Å². The molecule has 0 radical (unpaired) electrons. The minimum atomic E-state index is -3.32. The normalized spacial score (nSPS) is 23.0. The Kier molecular flexibility index (Phi) is 14.8. The van der Waals surface area contributed by atoms with E-state index in [4.69, 9.17) is 14.2 Å². The van der Waals surface area contributed by atoms with Crippen molar-refractivity contribution in [1.82, 2.24) is 0 Å². The SMILES string of the molecule is CCCCC(F)(F)C(=O)CCC1C(OC2CCCCO2)CC(=O)C1C/C=C\CCCCCC(=O)OCc1ccccc1. The van der Waals surface area contributed by atoms with E-state index in [0.29, 0.717) is 32.3 Å². The van der Waals surface area contributed by atoms with E-state index in [2.05, 4.69) is 0 Å². The van der Waals surface area contributed by atoms with Gasteiger partial charge in [-0.3, -0.25) is 14.4 Å². The second-order valence-corrected chi connectivity index (χ2v) is 11.6. The Hall–Kier alpha value is -2.45. The van der Waals surface area contributed by atoms with Crippen LogP contribution < -0.4 is 0 Å². The number of unbranched alkanes of at least 4 members (excludes halogenated alkanes) is 4. The van der Waals surface area contributed by atoms with Gasteiger partial charge >= 0.3 is 11.9 Å². The molecule has 1 aromatic rings. The monoisotopic (exact) mass is 590 g/mol. The van der Waals surface area contributed by atoms with Gasteiger partial charge in [0, 0.05) is 38.2 Å². The van der Waals surface area contributed by atoms with E-state index in [-0.39, 0.29) is 55.7 Å². The molecule has 1 aromatic carbocycles. The summed E-state index contributed by atoms with van der Waals surface area (Å²) >= 11 is 0. The highest BCUT2D eigenvalue weighted by Crippen LogP contribution is 2.39. The summed E-state index contributed by atoms with van der Waals surface area (Å²) < 4.78 is 45.9. The van der Waals surface area contributed by atoms with Crippen molar-refractivity contribution in [3.63, 3.8) is 0 Å². The molecule has 8 heteroatoms. The molecule has 6 nitrogen and oxygen atoms in total. The van der Waals surface area contributed by atoms with Gasteiger partial charge in [0.15, 0.2) is 6.29 Å². The van der Waals surface area contributed by atoms with Crippen molar-refractivity contribution < 1.29 is 37.4 Å². The maximum Gasteiger partial charge on any atom is 0.306 e. The molecule has 0 bridgehead atoms. The smallest absolute Gasteiger partial charge is 0.306 e. The maximum atomic E-state index is 14.3. The van der Waals surface area contributed by atoms with Crippen LogP contribution in [0.25, 0.3) is 0 Å². The van der Waals surface area contributed by atoms with Crippen LogP contribution >= 0.6 is 0 Å². The number of ether oxygens (including phenoxy) is 3. The minimum Gasteiger partial charge on any atom is -0.461 e. The summed E-state index contributed by atoms with van der Waals surface area (Å²) in [6, 6.07) is 9.59. The van der Waals surface area contributed by atoms with Crippen molar-refractivity contribution >= 4 is 17.5 Å². The van der Waals surface area contributed by atoms with Crippen molar-refractivity contribution in [1.29, 1.82) is 0 Å². The molecule has 4 atom stereocenters. The van der Waals surface area contributed by atoms with Crippen LogP contribution in [0.5, 0.6) is 0 Å². The molecule has 0 amide bonds. The van der Waals surface area contributed by atoms with Crippen LogP contribution in [0.1, 0.15) is 109 Å². The third-order valence-electron chi connectivity index (χ3n) is 8.28. The first kappa shape index (κ1) is 34.0. The Bertz CT molecular complexity index is 989. The highest BCUT2D eigenvalue weighted by atomic mass is 19.3. The van der Waals surface area contributed by atoms with Crippen molar-refractivity contribution in [3.05, 3.63) is 48.0 Å². The molecule has 1 saturated heterocycles. The Balaban J connectivity index is 1.43. The molecule has 1 aliphatic heterocycles. The first-order chi connectivity index (χ1) is 20.3. The molecule has 0 spiro atoms. The molecule has 4 unspecified atom stereocenters. The molecule has 1 heterocycles. The van der Waals surface area contributed by atoms with Gasteiger partial charge in [-0.05, 0) is 69.3 Å². The quantitative estimate of drug-likeness (QED) is 0.0925. The van der Waals surface area contributed by atoms with Crippen LogP contribution in [0.2, 0.25) is 0 Å². The van der Waals surface area contributed by atoms with Gasteiger partial charge in [0.2, 0.25) is 5.78 Å². The minimum absolute atomic E-state index is 0.0599. The van der Waals surface area contributed by atoms with E-state index in [0.717, 1.165) is 50.5 Å². The van der Waals surface area contributed by atoms with Crippen molar-refractivity contribution in [2.75, 3.05) is 6.61 Å². The average Bonchev–Trinajstić information content (AvgIpc) is 3.28. The molecule has 1 aliphatic carbocycles. The summed E-state index contributed by atoms with van der Waals surface area (Å²) in [7, 11) is 0. The Morgan fingerprint density at radius 2 is 1.86 bits per heavy atom. The second kappa shape index (κ2) is 18.3. The maximum absolute atomic E-state index is 14.3. The first-order valence-electron chi connectivity index (χ1n) is 15.9. The molecular weight excluding hydrogens is 542 g/mol. The largest absolute Gasteiger partial charge is 0.461 e. The molecular formula is C34H48F2O6. The lowest BCUT2D eigenvalue weighted by Gasteiger charge is -2.30. The zero-order valence-corrected chi connectivity index (χ0v) is 25.1. The highest BCUT2D eigenvalue weighted by molar-refractivity contribution is 5.86. The summed E-state index contributed by atoms with van der Waals surface area (Å²) in [5.41, 5.74) is 0.968. The van der Waals surface area contributed by atoms with Crippen LogP contribution in [0.4, 0.5) is 8.78 Å². The fraction of sp³-hybridized carbons (Fsp3) is 0.676. The predicted molar refractivity (Wildman–Crippen MR) is 157 cm³/mol. The topological polar surface area (TPSA) is 78.9 Å². The fourth-order valence-electron chi connectivity index (χ4n) is 5.75. The number of hydrogen-bond donors (Lipinski definition) is 0. The first-order valence-corrected chi connectivity index (χ1v) is 15.9. The van der Waals surface area contributed by atoms with Gasteiger partial charge < -0.3 is 14.2 Å². The standard InChI is InChI=1S/C34H48F2O6/c1-2-3-22-34(35,36)31(38)21-20-28-27(29(37)24-30(28)42-33-19-13-14-23-40-33)17-11-6-4-5-7-12-18-32(39)41-25-26-15-9-8-10-16-26/h6,8-11,15-16,27-28,30,33H,2-5,7,12-14,17-25H2,1H3/b11-6-. The van der Waals surface area contributed by atoms with Gasteiger partial charge in [-0.2, -0.15) is 8.78 Å². The fourth-order valence-corrected chi connectivity index (χ4v) is 5.75. The summed E-state index contributed by atoms with van der Waals surface area (Å²) in [6.45, 7) is 2.72. The number of benzene rings is 1. The molecule has 42 heavy (non-hydrogen) atoms. The molecule has 234 valence electrons. The number of ketones is 2. The molecule has 2 fully saturated rings. The number of Topliss-reactive ketones (excluding diaryl/α,β-unsaturated/α-hetero) is 2. The molecule has 0 N–H and O–H groups in total. The van der Waals surface area contributed by atoms with Crippen LogP contribution in [0.3, 0.4) is 0 Å². The van der Waals surface area contributed by atoms with E-state index in [1.807, 2.05) is 49.4 Å². The van der Waals surface area contributed by atoms with E-state index < -0.39 is 24.2 Å². The van der Waals surface area contributed by atoms with E-state index in [1.54, 1.807) is 0 Å². The third-order valence-corrected chi connectivity index (χ3v) is 8.28. The summed E-state index contributed by atoms with van der Waals surface area (Å²) in [6.07, 6.45) is 10.9. The highest BCUT2D eigenvalue weighted by Gasteiger charge is 2.45. The van der Waals surface area contributed by atoms with Gasteiger partial charge in [-0.1, -0.05) is 62.2 Å². The van der Waals surface area contributed by atoms with E-state index >= 15 is 0 Å². The van der Waals surface area contributed by atoms with E-state index in [9.17, 15) is 23.2 Å². The number of carbonyl (C=O) groups is 3. The molecule has 2 aliphatic rings. The van der Waals surface area contributed by atoms with Crippen LogP contribution in [0.15, 0.2) is 42.5 Å². The van der Waals surface area contributed by atoms with Gasteiger partial charge in [0.25, 0.3) is 0 Å². The van der Waals surface area contributed by atoms with Crippen LogP contribution in [-0.2, 0) is 35.2 Å². The van der Waals surface area contributed by atoms with Crippen molar-refractivity contribution in [2.45, 2.75) is 128 Å². The number of alkyl halides is 2. The van der Waals surface area contributed by atoms with Crippen molar-refractivity contribution in [3.8, 4) is 0 Å². The number of allylic oxidation sites excluding steroid dienone is 2. The predicted octanol–water partition coefficient (Wildman–Crippen LogP) is 7.92. The molecule has 0 aromatic heterocycles. The molecule has 1 saturated carbocycles. The van der Waals surface area contributed by atoms with Gasteiger partial charge in [-0.25, -0.2) is 0 Å². The van der Waals surface area contributed by atoms with Gasteiger partial charge in [-0.15, -0.1) is 0 Å². The Labute approximate surface area is 249 Å². The number of rotatable bonds is 19. The van der Waals surface area contributed by atoms with Gasteiger partial charge in [0.1, 0.15) is 12.4 Å². The number of carbonyl (C=O) groups excluding carboxylic acids is 3. The summed E-state index contributed by atoms with van der Waals surface area (Å²) in [5.74, 6) is -5.15. The lowest BCUT2D eigenvalue weighted by atomic mass is 9.86. The number of halogens is 2. The molecule has 3 rings (SSSR count). The summed E-state index contributed by atoms with van der Waals surface area (Å²) in [4.78, 5) is 37.4. The zero-order valence-electron chi connectivity index (χ0n) is 25.1. The van der Waals surface area contributed by atoms with Gasteiger partial charge in [0.05, 0.1) is 6.10 Å². The van der Waals surface area contributed by atoms with E-state index in [1.165, 1.54) is 0 Å². The van der Waals surface area contributed by atoms with Crippen LogP contribution in [-0.4, -0.2) is 42.5 Å². The Morgan fingerprint density at radius 1 is 1.05 bits per heavy atom.